The molecule has 7 nitrogen and oxygen atoms in total. The summed E-state index contributed by atoms with van der Waals surface area (Å²) in [5, 5.41) is 4.59. The topological polar surface area (TPSA) is 97.6 Å². The zero-order valence-electron chi connectivity index (χ0n) is 13.5. The lowest BCUT2D eigenvalue weighted by Crippen LogP contribution is -2.41. The van der Waals surface area contributed by atoms with Crippen LogP contribution in [0.5, 0.6) is 0 Å². The first-order valence-electron chi connectivity index (χ1n) is 8.36. The normalized spacial score (nSPS) is 24.6. The molecule has 3 atom stereocenters. The van der Waals surface area contributed by atoms with Crippen LogP contribution in [-0.4, -0.2) is 24.5 Å². The highest BCUT2D eigenvalue weighted by Crippen LogP contribution is 2.49. The number of amides is 3. The molecule has 2 bridgehead atoms. The third kappa shape index (κ3) is 4.37. The molecule has 0 unspecified atom stereocenters. The molecular weight excluding hydrogens is 312 g/mol. The molecule has 0 aliphatic heterocycles. The summed E-state index contributed by atoms with van der Waals surface area (Å²) in [5.74, 6) is 1.38. The Balaban J connectivity index is 1.30. The minimum Gasteiger partial charge on any atom is -0.467 e. The minimum atomic E-state index is -0.652. The van der Waals surface area contributed by atoms with Gasteiger partial charge in [0, 0.05) is 6.42 Å². The smallest absolute Gasteiger partial charge is 0.321 e. The van der Waals surface area contributed by atoms with Gasteiger partial charge in [-0.05, 0) is 49.1 Å². The van der Waals surface area contributed by atoms with Gasteiger partial charge < -0.3 is 14.5 Å². The monoisotopic (exact) mass is 334 g/mol. The van der Waals surface area contributed by atoms with Crippen LogP contribution in [0.1, 0.15) is 37.9 Å². The molecule has 2 N–H and O–H groups in total. The Hall–Kier alpha value is -2.31. The quantitative estimate of drug-likeness (QED) is 0.775. The minimum absolute atomic E-state index is 0.177. The van der Waals surface area contributed by atoms with Gasteiger partial charge in [-0.2, -0.15) is 0 Å². The van der Waals surface area contributed by atoms with Crippen molar-refractivity contribution in [3.63, 3.8) is 0 Å². The van der Waals surface area contributed by atoms with Gasteiger partial charge in [-0.25, -0.2) is 4.79 Å². The van der Waals surface area contributed by atoms with Crippen molar-refractivity contribution in [1.82, 2.24) is 10.6 Å². The molecule has 2 saturated carbocycles. The highest BCUT2D eigenvalue weighted by molar-refractivity contribution is 5.95. The fourth-order valence-corrected chi connectivity index (χ4v) is 3.83. The number of rotatable bonds is 6. The molecule has 7 heteroatoms. The summed E-state index contributed by atoms with van der Waals surface area (Å²) in [6.07, 6.45) is 6.69. The van der Waals surface area contributed by atoms with E-state index in [4.69, 9.17) is 9.15 Å². The number of fused-ring (bicyclic) bond motifs is 2. The Kier molecular flexibility index (Phi) is 5.17. The largest absolute Gasteiger partial charge is 0.467 e. The summed E-state index contributed by atoms with van der Waals surface area (Å²) in [6, 6.07) is 2.76. The maximum Gasteiger partial charge on any atom is 0.321 e. The molecule has 3 rings (SSSR count). The lowest BCUT2D eigenvalue weighted by molar-refractivity contribution is -0.149. The maximum atomic E-state index is 11.8. The van der Waals surface area contributed by atoms with E-state index in [9.17, 15) is 14.4 Å². The third-order valence-corrected chi connectivity index (χ3v) is 4.93. The van der Waals surface area contributed by atoms with E-state index in [2.05, 4.69) is 10.6 Å². The zero-order chi connectivity index (χ0) is 16.9. The van der Waals surface area contributed by atoms with Gasteiger partial charge in [0.2, 0.25) is 0 Å². The summed E-state index contributed by atoms with van der Waals surface area (Å²) in [6.45, 7) is -0.260. The molecule has 24 heavy (non-hydrogen) atoms. The van der Waals surface area contributed by atoms with Gasteiger partial charge in [-0.15, -0.1) is 0 Å². The molecule has 0 spiro atoms. The van der Waals surface area contributed by atoms with Crippen molar-refractivity contribution >= 4 is 17.9 Å². The molecular formula is C17H22N2O5. The van der Waals surface area contributed by atoms with Crippen molar-refractivity contribution in [2.24, 2.45) is 17.8 Å². The Labute approximate surface area is 140 Å². The standard InChI is InChI=1S/C17H22N2O5/c20-15(19-17(22)18-9-14-2-1-5-23-14)10-24-16(21)8-13-7-11-3-4-12(13)6-11/h1-2,5,11-13H,3-4,6-10H2,(H2,18,19,20,22)/t11-,12+,13+/m1/s1. The SMILES string of the molecule is O=C(COC(=O)C[C@@H]1C[C@@H]2CC[C@H]1C2)NC(=O)NCc1ccco1. The predicted octanol–water partition coefficient (Wildman–Crippen LogP) is 1.97. The van der Waals surface area contributed by atoms with Crippen LogP contribution in [0.2, 0.25) is 0 Å². The van der Waals surface area contributed by atoms with Crippen LogP contribution in [0.4, 0.5) is 4.79 Å². The van der Waals surface area contributed by atoms with E-state index in [-0.39, 0.29) is 12.5 Å². The molecule has 1 aromatic rings. The molecule has 0 aromatic carbocycles. The molecule has 1 aromatic heterocycles. The number of carbonyl (C=O) groups is 3. The Morgan fingerprint density at radius 1 is 1.25 bits per heavy atom. The summed E-state index contributed by atoms with van der Waals surface area (Å²) in [4.78, 5) is 35.0. The van der Waals surface area contributed by atoms with E-state index in [0.717, 1.165) is 12.3 Å². The maximum absolute atomic E-state index is 11.8. The van der Waals surface area contributed by atoms with Crippen LogP contribution >= 0.6 is 0 Å². The highest BCUT2D eigenvalue weighted by Gasteiger charge is 2.40. The summed E-state index contributed by atoms with van der Waals surface area (Å²) in [5.41, 5.74) is 0. The van der Waals surface area contributed by atoms with Crippen molar-refractivity contribution in [1.29, 1.82) is 0 Å². The second-order valence-corrected chi connectivity index (χ2v) is 6.61. The Morgan fingerprint density at radius 3 is 2.79 bits per heavy atom. The zero-order valence-corrected chi connectivity index (χ0v) is 13.5. The van der Waals surface area contributed by atoms with Crippen LogP contribution < -0.4 is 10.6 Å². The van der Waals surface area contributed by atoms with Crippen LogP contribution in [0, 0.1) is 17.8 Å². The van der Waals surface area contributed by atoms with Gasteiger partial charge in [0.25, 0.3) is 5.91 Å². The predicted molar refractivity (Wildman–Crippen MR) is 83.6 cm³/mol. The Bertz CT molecular complexity index is 598. The number of esters is 1. The van der Waals surface area contributed by atoms with Crippen molar-refractivity contribution in [2.75, 3.05) is 6.61 Å². The van der Waals surface area contributed by atoms with E-state index in [1.807, 2.05) is 0 Å². The van der Waals surface area contributed by atoms with Crippen LogP contribution in [0.25, 0.3) is 0 Å². The van der Waals surface area contributed by atoms with E-state index >= 15 is 0 Å². The van der Waals surface area contributed by atoms with Crippen molar-refractivity contribution in [3.05, 3.63) is 24.2 Å². The average Bonchev–Trinajstić information content (AvgIpc) is 3.28. The molecule has 2 aliphatic carbocycles. The summed E-state index contributed by atoms with van der Waals surface area (Å²) in [7, 11) is 0. The third-order valence-electron chi connectivity index (χ3n) is 4.93. The van der Waals surface area contributed by atoms with E-state index in [0.29, 0.717) is 24.0 Å². The average molecular weight is 334 g/mol. The van der Waals surface area contributed by atoms with Crippen molar-refractivity contribution < 1.29 is 23.5 Å². The number of imide groups is 1. The summed E-state index contributed by atoms with van der Waals surface area (Å²) >= 11 is 0. The number of ether oxygens (including phenoxy) is 1. The lowest BCUT2D eigenvalue weighted by atomic mass is 9.86. The van der Waals surface area contributed by atoms with E-state index < -0.39 is 18.5 Å². The fourth-order valence-electron chi connectivity index (χ4n) is 3.83. The Morgan fingerprint density at radius 2 is 2.12 bits per heavy atom. The molecule has 2 aliphatic rings. The number of carbonyl (C=O) groups excluding carboxylic acids is 3. The molecule has 0 radical (unpaired) electrons. The van der Waals surface area contributed by atoms with E-state index in [1.165, 1.54) is 25.5 Å². The van der Waals surface area contributed by atoms with Crippen LogP contribution in [0.15, 0.2) is 22.8 Å². The molecule has 0 saturated heterocycles. The second-order valence-electron chi connectivity index (χ2n) is 6.61. The number of hydrogen-bond donors (Lipinski definition) is 2. The van der Waals surface area contributed by atoms with Crippen molar-refractivity contribution in [2.45, 2.75) is 38.6 Å². The first-order chi connectivity index (χ1) is 11.6. The molecule has 1 heterocycles. The molecule has 3 amide bonds. The van der Waals surface area contributed by atoms with Gasteiger partial charge in [0.15, 0.2) is 6.61 Å². The number of nitrogens with one attached hydrogen (secondary N) is 2. The number of hydrogen-bond acceptors (Lipinski definition) is 5. The highest BCUT2D eigenvalue weighted by atomic mass is 16.5. The van der Waals surface area contributed by atoms with Gasteiger partial charge >= 0.3 is 12.0 Å². The van der Waals surface area contributed by atoms with Crippen molar-refractivity contribution in [3.8, 4) is 0 Å². The van der Waals surface area contributed by atoms with Crippen LogP contribution in [0.3, 0.4) is 0 Å². The van der Waals surface area contributed by atoms with Gasteiger partial charge in [-0.3, -0.25) is 14.9 Å². The van der Waals surface area contributed by atoms with Gasteiger partial charge in [-0.1, -0.05) is 6.42 Å². The first kappa shape index (κ1) is 16.5. The fraction of sp³-hybridized carbons (Fsp3) is 0.588. The number of urea groups is 1. The first-order valence-corrected chi connectivity index (χ1v) is 8.36. The number of furan rings is 1. The molecule has 130 valence electrons. The summed E-state index contributed by atoms with van der Waals surface area (Å²) < 4.78 is 10.0. The molecule has 2 fully saturated rings. The van der Waals surface area contributed by atoms with Gasteiger partial charge in [0.05, 0.1) is 12.8 Å². The van der Waals surface area contributed by atoms with Crippen LogP contribution in [-0.2, 0) is 20.9 Å². The van der Waals surface area contributed by atoms with E-state index in [1.54, 1.807) is 12.1 Å². The van der Waals surface area contributed by atoms with Gasteiger partial charge in [0.1, 0.15) is 5.76 Å². The second kappa shape index (κ2) is 7.51. The lowest BCUT2D eigenvalue weighted by Gasteiger charge is -2.20.